The Labute approximate surface area is 126 Å². The largest absolute Gasteiger partial charge is 0.368 e. The predicted molar refractivity (Wildman–Crippen MR) is 85.1 cm³/mol. The molecular formula is C16H15N3OS. The molecule has 0 bridgehead atoms. The molecule has 0 saturated carbocycles. The number of hydrogen-bond donors (Lipinski definition) is 2. The van der Waals surface area contributed by atoms with E-state index in [4.69, 9.17) is 5.73 Å². The molecule has 2 aromatic carbocycles. The molecule has 1 amide bonds. The molecular weight excluding hydrogens is 282 g/mol. The van der Waals surface area contributed by atoms with Crippen LogP contribution in [0.5, 0.6) is 0 Å². The van der Waals surface area contributed by atoms with Gasteiger partial charge in [-0.1, -0.05) is 48.2 Å². The van der Waals surface area contributed by atoms with Crippen LogP contribution in [0.2, 0.25) is 0 Å². The molecule has 3 aromatic rings. The van der Waals surface area contributed by atoms with E-state index in [1.165, 1.54) is 11.8 Å². The molecule has 0 aliphatic rings. The zero-order chi connectivity index (χ0) is 14.8. The third-order valence-electron chi connectivity index (χ3n) is 3.21. The fraction of sp³-hybridized carbons (Fsp3) is 0.125. The lowest BCUT2D eigenvalue weighted by molar-refractivity contribution is -0.117. The smallest absolute Gasteiger partial charge is 0.235 e. The van der Waals surface area contributed by atoms with Crippen molar-refractivity contribution in [2.45, 2.75) is 17.3 Å². The molecule has 4 nitrogen and oxygen atoms in total. The van der Waals surface area contributed by atoms with Crippen molar-refractivity contribution in [3.63, 3.8) is 0 Å². The average Bonchev–Trinajstić information content (AvgIpc) is 2.87. The highest BCUT2D eigenvalue weighted by atomic mass is 32.2. The molecule has 1 atom stereocenters. The summed E-state index contributed by atoms with van der Waals surface area (Å²) >= 11 is 1.34. The quantitative estimate of drug-likeness (QED) is 0.726. The predicted octanol–water partition coefficient (Wildman–Crippen LogP) is 3.19. The van der Waals surface area contributed by atoms with E-state index in [0.717, 1.165) is 22.2 Å². The fourth-order valence-corrected chi connectivity index (χ4v) is 3.14. The molecule has 3 rings (SSSR count). The number of aryl methyl sites for hydroxylation is 1. The Morgan fingerprint density at radius 3 is 2.71 bits per heavy atom. The average molecular weight is 297 g/mol. The summed E-state index contributed by atoms with van der Waals surface area (Å²) in [5.41, 5.74) is 9.43. The highest BCUT2D eigenvalue weighted by Crippen LogP contribution is 2.34. The van der Waals surface area contributed by atoms with Crippen LogP contribution in [-0.2, 0) is 4.79 Å². The van der Waals surface area contributed by atoms with E-state index in [2.05, 4.69) is 9.97 Å². The minimum atomic E-state index is -0.451. The third kappa shape index (κ3) is 2.92. The number of nitrogens with two attached hydrogens (primary N) is 1. The molecule has 0 saturated heterocycles. The maximum Gasteiger partial charge on any atom is 0.235 e. The van der Waals surface area contributed by atoms with E-state index in [9.17, 15) is 4.79 Å². The van der Waals surface area contributed by atoms with Crippen LogP contribution in [0.25, 0.3) is 11.0 Å². The number of aromatic amines is 1. The van der Waals surface area contributed by atoms with Crippen LogP contribution in [0.1, 0.15) is 16.4 Å². The van der Waals surface area contributed by atoms with Crippen LogP contribution in [0.4, 0.5) is 0 Å². The number of carbonyl (C=O) groups excluding carboxylic acids is 1. The number of imidazole rings is 1. The van der Waals surface area contributed by atoms with Crippen molar-refractivity contribution in [2.75, 3.05) is 0 Å². The van der Waals surface area contributed by atoms with Crippen molar-refractivity contribution >= 4 is 28.7 Å². The van der Waals surface area contributed by atoms with Crippen LogP contribution < -0.4 is 5.73 Å². The van der Waals surface area contributed by atoms with Gasteiger partial charge in [0.2, 0.25) is 5.91 Å². The van der Waals surface area contributed by atoms with Crippen LogP contribution in [-0.4, -0.2) is 15.9 Å². The zero-order valence-electron chi connectivity index (χ0n) is 11.5. The number of nitrogens with one attached hydrogen (secondary N) is 1. The van der Waals surface area contributed by atoms with Gasteiger partial charge in [-0.25, -0.2) is 4.98 Å². The van der Waals surface area contributed by atoms with Crippen molar-refractivity contribution < 1.29 is 4.79 Å². The molecule has 0 aliphatic carbocycles. The SMILES string of the molecule is Cc1ccc2nc(SC(C(N)=O)c3ccccc3)[nH]c2c1. The lowest BCUT2D eigenvalue weighted by atomic mass is 10.1. The second-order valence-corrected chi connectivity index (χ2v) is 5.97. The molecule has 0 fully saturated rings. The standard InChI is InChI=1S/C16H15N3OS/c1-10-7-8-12-13(9-10)19-16(18-12)21-14(15(17)20)11-5-3-2-4-6-11/h2-9,14H,1H3,(H2,17,20)(H,18,19). The Bertz CT molecular complexity index is 783. The number of amides is 1. The molecule has 0 spiro atoms. The molecule has 1 unspecified atom stereocenters. The van der Waals surface area contributed by atoms with Crippen LogP contribution in [0.15, 0.2) is 53.7 Å². The lowest BCUT2D eigenvalue weighted by Gasteiger charge is -2.11. The van der Waals surface area contributed by atoms with E-state index in [-0.39, 0.29) is 5.91 Å². The van der Waals surface area contributed by atoms with Gasteiger partial charge in [0.25, 0.3) is 0 Å². The second kappa shape index (κ2) is 5.61. The summed E-state index contributed by atoms with van der Waals surface area (Å²) in [5, 5.41) is 0.246. The monoisotopic (exact) mass is 297 g/mol. The maximum absolute atomic E-state index is 11.7. The number of H-pyrrole nitrogens is 1. The first-order chi connectivity index (χ1) is 10.1. The first-order valence-electron chi connectivity index (χ1n) is 6.61. The molecule has 5 heteroatoms. The second-order valence-electron chi connectivity index (χ2n) is 4.87. The van der Waals surface area contributed by atoms with Gasteiger partial charge in [-0.15, -0.1) is 0 Å². The number of fused-ring (bicyclic) bond motifs is 1. The van der Waals surface area contributed by atoms with Gasteiger partial charge in [-0.05, 0) is 30.2 Å². The number of nitrogens with zero attached hydrogens (tertiary/aromatic N) is 1. The summed E-state index contributed by atoms with van der Waals surface area (Å²) in [6, 6.07) is 15.5. The third-order valence-corrected chi connectivity index (χ3v) is 4.36. The van der Waals surface area contributed by atoms with E-state index >= 15 is 0 Å². The van der Waals surface area contributed by atoms with Gasteiger partial charge in [0.1, 0.15) is 5.25 Å². The summed E-state index contributed by atoms with van der Waals surface area (Å²) in [7, 11) is 0. The zero-order valence-corrected chi connectivity index (χ0v) is 12.4. The topological polar surface area (TPSA) is 71.8 Å². The Balaban J connectivity index is 1.93. The number of hydrogen-bond acceptors (Lipinski definition) is 3. The minimum Gasteiger partial charge on any atom is -0.368 e. The maximum atomic E-state index is 11.7. The highest BCUT2D eigenvalue weighted by molar-refractivity contribution is 8.00. The first kappa shape index (κ1) is 13.7. The summed E-state index contributed by atoms with van der Waals surface area (Å²) in [6.45, 7) is 2.03. The van der Waals surface area contributed by atoms with Crippen molar-refractivity contribution in [3.8, 4) is 0 Å². The number of carbonyl (C=O) groups is 1. The summed E-state index contributed by atoms with van der Waals surface area (Å²) in [6.07, 6.45) is 0. The molecule has 106 valence electrons. The number of aromatic nitrogens is 2. The van der Waals surface area contributed by atoms with Gasteiger partial charge in [0.15, 0.2) is 5.16 Å². The van der Waals surface area contributed by atoms with E-state index < -0.39 is 5.25 Å². The van der Waals surface area contributed by atoms with E-state index in [1.807, 2.05) is 55.5 Å². The van der Waals surface area contributed by atoms with Crippen LogP contribution >= 0.6 is 11.8 Å². The van der Waals surface area contributed by atoms with Crippen molar-refractivity contribution in [2.24, 2.45) is 5.73 Å². The number of primary amides is 1. The Morgan fingerprint density at radius 2 is 2.00 bits per heavy atom. The van der Waals surface area contributed by atoms with E-state index in [1.54, 1.807) is 0 Å². The summed E-state index contributed by atoms with van der Waals surface area (Å²) in [4.78, 5) is 19.5. The normalized spacial score (nSPS) is 12.4. The molecule has 1 heterocycles. The summed E-state index contributed by atoms with van der Waals surface area (Å²) < 4.78 is 0. The summed E-state index contributed by atoms with van der Waals surface area (Å²) in [5.74, 6) is -0.372. The number of benzene rings is 2. The number of rotatable bonds is 4. The van der Waals surface area contributed by atoms with Gasteiger partial charge < -0.3 is 10.7 Å². The highest BCUT2D eigenvalue weighted by Gasteiger charge is 2.20. The number of thioether (sulfide) groups is 1. The van der Waals surface area contributed by atoms with Gasteiger partial charge in [-0.2, -0.15) is 0 Å². The van der Waals surface area contributed by atoms with Gasteiger partial charge in [0.05, 0.1) is 11.0 Å². The minimum absolute atomic E-state index is 0.372. The first-order valence-corrected chi connectivity index (χ1v) is 7.49. The fourth-order valence-electron chi connectivity index (χ4n) is 2.19. The Morgan fingerprint density at radius 1 is 1.24 bits per heavy atom. The van der Waals surface area contributed by atoms with Crippen molar-refractivity contribution in [1.29, 1.82) is 0 Å². The molecule has 0 radical (unpaired) electrons. The van der Waals surface area contributed by atoms with Crippen molar-refractivity contribution in [1.82, 2.24) is 9.97 Å². The Kier molecular flexibility index (Phi) is 3.66. The van der Waals surface area contributed by atoms with Gasteiger partial charge >= 0.3 is 0 Å². The lowest BCUT2D eigenvalue weighted by Crippen LogP contribution is -2.19. The van der Waals surface area contributed by atoms with Crippen LogP contribution in [0.3, 0.4) is 0 Å². The Hall–Kier alpha value is -2.27. The molecule has 21 heavy (non-hydrogen) atoms. The van der Waals surface area contributed by atoms with Crippen molar-refractivity contribution in [3.05, 3.63) is 59.7 Å². The molecule has 0 aliphatic heterocycles. The van der Waals surface area contributed by atoms with Crippen LogP contribution in [0, 0.1) is 6.92 Å². The van der Waals surface area contributed by atoms with Gasteiger partial charge in [0, 0.05) is 0 Å². The molecule has 3 N–H and O–H groups in total. The molecule has 1 aromatic heterocycles. The van der Waals surface area contributed by atoms with Gasteiger partial charge in [-0.3, -0.25) is 4.79 Å². The van der Waals surface area contributed by atoms with E-state index in [0.29, 0.717) is 5.16 Å².